The second-order valence-electron chi connectivity index (χ2n) is 6.65. The van der Waals surface area contributed by atoms with Crippen LogP contribution in [0, 0.1) is 0 Å². The number of fused-ring (bicyclic) bond motifs is 1. The molecule has 0 spiro atoms. The van der Waals surface area contributed by atoms with Crippen LogP contribution in [0.4, 0.5) is 5.69 Å². The third kappa shape index (κ3) is 4.16. The largest absolute Gasteiger partial charge is 0.325 e. The van der Waals surface area contributed by atoms with Crippen LogP contribution in [-0.4, -0.2) is 16.6 Å². The van der Waals surface area contributed by atoms with Gasteiger partial charge in [-0.1, -0.05) is 62.9 Å². The van der Waals surface area contributed by atoms with E-state index < -0.39 is 0 Å². The topological polar surface area (TPSA) is 42.0 Å². The number of thiazole rings is 1. The predicted molar refractivity (Wildman–Crippen MR) is 104 cm³/mol. The standard InChI is InChI=1S/C19H20N2OS2/c1-19(2,3)16-11-23-18(21-16)24-12-17(22)20-15-9-8-13-6-4-5-7-14(13)10-15/h4-11H,12H2,1-3H3,(H,20,22). The Labute approximate surface area is 150 Å². The van der Waals surface area contributed by atoms with Gasteiger partial charge in [-0.25, -0.2) is 4.98 Å². The molecule has 0 unspecified atom stereocenters. The summed E-state index contributed by atoms with van der Waals surface area (Å²) in [6.45, 7) is 6.43. The highest BCUT2D eigenvalue weighted by molar-refractivity contribution is 8.01. The van der Waals surface area contributed by atoms with Gasteiger partial charge < -0.3 is 5.32 Å². The first-order valence-electron chi connectivity index (χ1n) is 7.79. The molecule has 24 heavy (non-hydrogen) atoms. The maximum absolute atomic E-state index is 12.2. The van der Waals surface area contributed by atoms with Crippen LogP contribution in [0.15, 0.2) is 52.2 Å². The van der Waals surface area contributed by atoms with Crippen LogP contribution in [0.5, 0.6) is 0 Å². The summed E-state index contributed by atoms with van der Waals surface area (Å²) in [7, 11) is 0. The molecule has 2 aromatic carbocycles. The molecule has 0 radical (unpaired) electrons. The van der Waals surface area contributed by atoms with Crippen molar-refractivity contribution in [2.75, 3.05) is 11.1 Å². The van der Waals surface area contributed by atoms with Crippen molar-refractivity contribution in [3.05, 3.63) is 53.5 Å². The number of carbonyl (C=O) groups is 1. The van der Waals surface area contributed by atoms with Crippen molar-refractivity contribution in [1.29, 1.82) is 0 Å². The van der Waals surface area contributed by atoms with E-state index in [1.54, 1.807) is 11.3 Å². The zero-order chi connectivity index (χ0) is 17.2. The molecule has 1 amide bonds. The average molecular weight is 357 g/mol. The van der Waals surface area contributed by atoms with E-state index in [1.807, 2.05) is 36.4 Å². The lowest BCUT2D eigenvalue weighted by atomic mass is 9.93. The Morgan fingerprint density at radius 2 is 1.92 bits per heavy atom. The van der Waals surface area contributed by atoms with Crippen molar-refractivity contribution in [2.45, 2.75) is 30.5 Å². The average Bonchev–Trinajstić information content (AvgIpc) is 3.02. The molecule has 3 nitrogen and oxygen atoms in total. The Morgan fingerprint density at radius 3 is 2.62 bits per heavy atom. The SMILES string of the molecule is CC(C)(C)c1csc(SCC(=O)Nc2ccc3ccccc3c2)n1. The first-order chi connectivity index (χ1) is 11.4. The Hall–Kier alpha value is -1.85. The molecule has 3 aromatic rings. The van der Waals surface area contributed by atoms with Crippen LogP contribution in [-0.2, 0) is 10.2 Å². The third-order valence-electron chi connectivity index (χ3n) is 3.61. The molecular formula is C19H20N2OS2. The fraction of sp³-hybridized carbons (Fsp3) is 0.263. The number of amides is 1. The Balaban J connectivity index is 1.59. The molecule has 0 aliphatic rings. The maximum atomic E-state index is 12.2. The van der Waals surface area contributed by atoms with Gasteiger partial charge in [-0.15, -0.1) is 11.3 Å². The highest BCUT2D eigenvalue weighted by Crippen LogP contribution is 2.29. The molecule has 1 N–H and O–H groups in total. The number of rotatable bonds is 4. The van der Waals surface area contributed by atoms with E-state index in [0.29, 0.717) is 5.75 Å². The number of hydrogen-bond acceptors (Lipinski definition) is 4. The fourth-order valence-electron chi connectivity index (χ4n) is 2.26. The summed E-state index contributed by atoms with van der Waals surface area (Å²) in [5, 5.41) is 7.32. The Kier molecular flexibility index (Phi) is 4.92. The van der Waals surface area contributed by atoms with Gasteiger partial charge in [0.15, 0.2) is 4.34 Å². The molecule has 0 saturated carbocycles. The van der Waals surface area contributed by atoms with E-state index >= 15 is 0 Å². The fourth-order valence-corrected chi connectivity index (χ4v) is 4.11. The van der Waals surface area contributed by atoms with E-state index in [2.05, 4.69) is 42.5 Å². The van der Waals surface area contributed by atoms with Crippen LogP contribution in [0.2, 0.25) is 0 Å². The van der Waals surface area contributed by atoms with Crippen LogP contribution >= 0.6 is 23.1 Å². The molecule has 0 atom stereocenters. The molecule has 0 bridgehead atoms. The summed E-state index contributed by atoms with van der Waals surface area (Å²) in [6.07, 6.45) is 0. The molecule has 124 valence electrons. The summed E-state index contributed by atoms with van der Waals surface area (Å²) < 4.78 is 0.939. The highest BCUT2D eigenvalue weighted by atomic mass is 32.2. The molecule has 1 aromatic heterocycles. The van der Waals surface area contributed by atoms with Gasteiger partial charge in [-0.05, 0) is 22.9 Å². The van der Waals surface area contributed by atoms with Gasteiger partial charge in [0.05, 0.1) is 11.4 Å². The highest BCUT2D eigenvalue weighted by Gasteiger charge is 2.17. The second-order valence-corrected chi connectivity index (χ2v) is 8.73. The lowest BCUT2D eigenvalue weighted by molar-refractivity contribution is -0.113. The monoisotopic (exact) mass is 356 g/mol. The molecule has 1 heterocycles. The van der Waals surface area contributed by atoms with Crippen molar-refractivity contribution in [2.24, 2.45) is 0 Å². The van der Waals surface area contributed by atoms with Gasteiger partial charge in [-0.3, -0.25) is 4.79 Å². The summed E-state index contributed by atoms with van der Waals surface area (Å²) in [5.41, 5.74) is 1.95. The number of hydrogen-bond donors (Lipinski definition) is 1. The number of carbonyl (C=O) groups excluding carboxylic acids is 1. The van der Waals surface area contributed by atoms with Crippen molar-refractivity contribution < 1.29 is 4.79 Å². The molecule has 0 aliphatic heterocycles. The molecule has 5 heteroatoms. The maximum Gasteiger partial charge on any atom is 0.234 e. The first kappa shape index (κ1) is 17.0. The van der Waals surface area contributed by atoms with Crippen LogP contribution in [0.25, 0.3) is 10.8 Å². The lowest BCUT2D eigenvalue weighted by Crippen LogP contribution is -2.14. The third-order valence-corrected chi connectivity index (χ3v) is 5.63. The normalized spacial score (nSPS) is 11.6. The lowest BCUT2D eigenvalue weighted by Gasteiger charge is -2.14. The van der Waals surface area contributed by atoms with Gasteiger partial charge in [0, 0.05) is 16.5 Å². The quantitative estimate of drug-likeness (QED) is 0.643. The minimum atomic E-state index is -0.0113. The number of anilines is 1. The summed E-state index contributed by atoms with van der Waals surface area (Å²) in [5.74, 6) is 0.354. The van der Waals surface area contributed by atoms with Crippen molar-refractivity contribution >= 4 is 45.5 Å². The van der Waals surface area contributed by atoms with E-state index in [-0.39, 0.29) is 11.3 Å². The van der Waals surface area contributed by atoms with E-state index in [1.165, 1.54) is 17.1 Å². The number of nitrogens with one attached hydrogen (secondary N) is 1. The summed E-state index contributed by atoms with van der Waals surface area (Å²) >= 11 is 3.08. The molecule has 0 aliphatic carbocycles. The van der Waals surface area contributed by atoms with E-state index in [4.69, 9.17) is 0 Å². The zero-order valence-electron chi connectivity index (χ0n) is 14.0. The second kappa shape index (κ2) is 6.95. The van der Waals surface area contributed by atoms with Gasteiger partial charge >= 0.3 is 0 Å². The van der Waals surface area contributed by atoms with Gasteiger partial charge in [-0.2, -0.15) is 0 Å². The number of aromatic nitrogens is 1. The van der Waals surface area contributed by atoms with Crippen LogP contribution in [0.3, 0.4) is 0 Å². The number of nitrogens with zero attached hydrogens (tertiary/aromatic N) is 1. The van der Waals surface area contributed by atoms with Crippen LogP contribution in [0.1, 0.15) is 26.5 Å². The van der Waals surface area contributed by atoms with Gasteiger partial charge in [0.25, 0.3) is 0 Å². The van der Waals surface area contributed by atoms with Crippen LogP contribution < -0.4 is 5.32 Å². The van der Waals surface area contributed by atoms with Crippen molar-refractivity contribution in [1.82, 2.24) is 4.98 Å². The summed E-state index contributed by atoms with van der Waals surface area (Å²) in [4.78, 5) is 16.8. The Morgan fingerprint density at radius 1 is 1.17 bits per heavy atom. The molecule has 3 rings (SSSR count). The van der Waals surface area contributed by atoms with Crippen molar-refractivity contribution in [3.63, 3.8) is 0 Å². The van der Waals surface area contributed by atoms with E-state index in [0.717, 1.165) is 21.1 Å². The first-order valence-corrected chi connectivity index (χ1v) is 9.66. The number of thioether (sulfide) groups is 1. The summed E-state index contributed by atoms with van der Waals surface area (Å²) in [6, 6.07) is 14.1. The minimum Gasteiger partial charge on any atom is -0.325 e. The zero-order valence-corrected chi connectivity index (χ0v) is 15.6. The number of benzene rings is 2. The minimum absolute atomic E-state index is 0.0113. The Bertz CT molecular complexity index is 865. The molecule has 0 fully saturated rings. The van der Waals surface area contributed by atoms with Gasteiger partial charge in [0.1, 0.15) is 0 Å². The molecule has 0 saturated heterocycles. The molecular weight excluding hydrogens is 336 g/mol. The van der Waals surface area contributed by atoms with Crippen molar-refractivity contribution in [3.8, 4) is 0 Å². The predicted octanol–water partition coefficient (Wildman–Crippen LogP) is 5.32. The smallest absolute Gasteiger partial charge is 0.234 e. The van der Waals surface area contributed by atoms with Gasteiger partial charge in [0.2, 0.25) is 5.91 Å². The van der Waals surface area contributed by atoms with E-state index in [9.17, 15) is 4.79 Å².